The fourth-order valence-electron chi connectivity index (χ4n) is 1.48. The van der Waals surface area contributed by atoms with Gasteiger partial charge >= 0.3 is 0 Å². The maximum atomic E-state index is 13.4. The van der Waals surface area contributed by atoms with Crippen LogP contribution in [0.15, 0.2) is 47.5 Å². The Hall–Kier alpha value is -2.06. The van der Waals surface area contributed by atoms with Gasteiger partial charge in [-0.25, -0.2) is 9.37 Å². The number of rotatable bonds is 3. The molecule has 90 valence electrons. The van der Waals surface area contributed by atoms with E-state index in [-0.39, 0.29) is 16.3 Å². The van der Waals surface area contributed by atoms with Gasteiger partial charge in [0.2, 0.25) is 0 Å². The van der Waals surface area contributed by atoms with Crippen LogP contribution >= 0.6 is 0 Å². The lowest BCUT2D eigenvalue weighted by Crippen LogP contribution is -2.00. The van der Waals surface area contributed by atoms with Crippen LogP contribution in [0.1, 0.15) is 11.3 Å². The quantitative estimate of drug-likeness (QED) is 0.851. The topological polar surface area (TPSA) is 53.8 Å². The lowest BCUT2D eigenvalue weighted by Gasteiger charge is -2.03. The van der Waals surface area contributed by atoms with Crippen LogP contribution in [0.5, 0.6) is 0 Å². The van der Waals surface area contributed by atoms with E-state index < -0.39 is 16.6 Å². The minimum absolute atomic E-state index is 0.165. The second-order valence-corrected chi connectivity index (χ2v) is 5.00. The van der Waals surface area contributed by atoms with Gasteiger partial charge in [-0.05, 0) is 29.8 Å². The van der Waals surface area contributed by atoms with Crippen LogP contribution in [-0.2, 0) is 16.6 Å². The molecule has 0 spiro atoms. The molecule has 0 aliphatic heterocycles. The summed E-state index contributed by atoms with van der Waals surface area (Å²) in [5.74, 6) is -0.316. The Morgan fingerprint density at radius 2 is 2.11 bits per heavy atom. The van der Waals surface area contributed by atoms with E-state index >= 15 is 0 Å². The molecule has 1 aromatic heterocycles. The Morgan fingerprint density at radius 3 is 2.83 bits per heavy atom. The van der Waals surface area contributed by atoms with Gasteiger partial charge < -0.3 is 0 Å². The molecule has 0 fully saturated rings. The van der Waals surface area contributed by atoms with Crippen LogP contribution in [0.25, 0.3) is 0 Å². The van der Waals surface area contributed by atoms with Gasteiger partial charge in [0.1, 0.15) is 17.6 Å². The molecule has 0 N–H and O–H groups in total. The van der Waals surface area contributed by atoms with Crippen molar-refractivity contribution in [2.45, 2.75) is 10.6 Å². The van der Waals surface area contributed by atoms with Crippen molar-refractivity contribution in [3.8, 4) is 6.07 Å². The first kappa shape index (κ1) is 12.4. The number of nitriles is 1. The summed E-state index contributed by atoms with van der Waals surface area (Å²) in [6.45, 7) is 0. The molecule has 1 heterocycles. The minimum atomic E-state index is -1.47. The van der Waals surface area contributed by atoms with Crippen molar-refractivity contribution in [2.75, 3.05) is 0 Å². The van der Waals surface area contributed by atoms with E-state index in [0.717, 1.165) is 0 Å². The summed E-state index contributed by atoms with van der Waals surface area (Å²) >= 11 is 0. The zero-order valence-corrected chi connectivity index (χ0v) is 10.2. The molecule has 0 bridgehead atoms. The normalized spacial score (nSPS) is 11.8. The molecular weight excluding hydrogens is 251 g/mol. The number of nitrogens with zero attached hydrogens (tertiary/aromatic N) is 2. The molecule has 0 saturated carbocycles. The fourth-order valence-corrected chi connectivity index (χ4v) is 2.64. The van der Waals surface area contributed by atoms with Crippen molar-refractivity contribution in [1.82, 2.24) is 4.98 Å². The molecule has 0 amide bonds. The van der Waals surface area contributed by atoms with Gasteiger partial charge in [0.25, 0.3) is 0 Å². The Kier molecular flexibility index (Phi) is 3.80. The van der Waals surface area contributed by atoms with Gasteiger partial charge in [-0.15, -0.1) is 0 Å². The van der Waals surface area contributed by atoms with E-state index in [1.807, 2.05) is 6.07 Å². The Bertz CT molecular complexity index is 637. The fraction of sp³-hybridized carbons (Fsp3) is 0.0769. The highest BCUT2D eigenvalue weighted by Crippen LogP contribution is 2.15. The van der Waals surface area contributed by atoms with E-state index in [1.165, 1.54) is 18.3 Å². The molecule has 0 aliphatic rings. The Labute approximate surface area is 106 Å². The Morgan fingerprint density at radius 1 is 1.33 bits per heavy atom. The molecule has 2 rings (SSSR count). The average molecular weight is 260 g/mol. The molecular formula is C13H9FN2OS. The van der Waals surface area contributed by atoms with Gasteiger partial charge in [-0.3, -0.25) is 4.21 Å². The van der Waals surface area contributed by atoms with Gasteiger partial charge in [-0.1, -0.05) is 12.1 Å². The molecule has 1 aromatic carbocycles. The molecule has 5 heteroatoms. The van der Waals surface area contributed by atoms with Gasteiger partial charge in [-0.2, -0.15) is 5.26 Å². The van der Waals surface area contributed by atoms with E-state index in [0.29, 0.717) is 5.56 Å². The summed E-state index contributed by atoms with van der Waals surface area (Å²) in [4.78, 5) is 4.00. The maximum Gasteiger partial charge on any atom is 0.140 e. The highest BCUT2D eigenvalue weighted by Gasteiger charge is 2.10. The molecule has 0 saturated heterocycles. The maximum absolute atomic E-state index is 13.4. The molecule has 0 radical (unpaired) electrons. The number of benzene rings is 1. The first-order valence-corrected chi connectivity index (χ1v) is 6.50. The first-order chi connectivity index (χ1) is 8.70. The smallest absolute Gasteiger partial charge is 0.140 e. The van der Waals surface area contributed by atoms with Crippen LogP contribution in [-0.4, -0.2) is 9.19 Å². The number of pyridine rings is 1. The number of hydrogen-bond donors (Lipinski definition) is 0. The summed E-state index contributed by atoms with van der Waals surface area (Å²) in [6, 6.07) is 11.1. The number of halogens is 1. The second-order valence-electron chi connectivity index (χ2n) is 3.58. The van der Waals surface area contributed by atoms with Crippen LogP contribution in [0.3, 0.4) is 0 Å². The van der Waals surface area contributed by atoms with Crippen LogP contribution < -0.4 is 0 Å². The number of aromatic nitrogens is 1. The molecule has 2 aromatic rings. The molecule has 1 unspecified atom stereocenters. The summed E-state index contributed by atoms with van der Waals surface area (Å²) < 4.78 is 25.4. The van der Waals surface area contributed by atoms with Crippen LogP contribution in [0, 0.1) is 17.1 Å². The summed E-state index contributed by atoms with van der Waals surface area (Å²) in [6.07, 6.45) is 1.48. The third-order valence-corrected chi connectivity index (χ3v) is 3.74. The van der Waals surface area contributed by atoms with Crippen molar-refractivity contribution >= 4 is 10.8 Å². The van der Waals surface area contributed by atoms with E-state index in [9.17, 15) is 8.60 Å². The molecule has 0 aliphatic carbocycles. The summed E-state index contributed by atoms with van der Waals surface area (Å²) in [5, 5.41) is 8.71. The van der Waals surface area contributed by atoms with Crippen LogP contribution in [0.4, 0.5) is 4.39 Å². The second kappa shape index (κ2) is 5.52. The first-order valence-electron chi connectivity index (χ1n) is 5.18. The van der Waals surface area contributed by atoms with Gasteiger partial charge in [0.05, 0.1) is 21.4 Å². The van der Waals surface area contributed by atoms with E-state index in [4.69, 9.17) is 5.26 Å². The minimum Gasteiger partial charge on any atom is -0.254 e. The highest BCUT2D eigenvalue weighted by molar-refractivity contribution is 7.84. The predicted octanol–water partition coefficient (Wildman–Crippen LogP) is 2.40. The monoisotopic (exact) mass is 260 g/mol. The SMILES string of the molecule is N#Cc1cc(CS(=O)c2ccccc2F)ccn1. The summed E-state index contributed by atoms with van der Waals surface area (Å²) in [5.41, 5.74) is 0.959. The largest absolute Gasteiger partial charge is 0.254 e. The Balaban J connectivity index is 2.22. The van der Waals surface area contributed by atoms with Crippen molar-refractivity contribution in [2.24, 2.45) is 0 Å². The molecule has 3 nitrogen and oxygen atoms in total. The standard InChI is InChI=1S/C13H9FN2OS/c14-12-3-1-2-4-13(12)18(17)9-10-5-6-16-11(7-10)8-15/h1-7H,9H2. The molecule has 1 atom stereocenters. The average Bonchev–Trinajstić information content (AvgIpc) is 2.39. The van der Waals surface area contributed by atoms with Crippen molar-refractivity contribution in [3.05, 3.63) is 59.7 Å². The van der Waals surface area contributed by atoms with Crippen molar-refractivity contribution in [1.29, 1.82) is 5.26 Å². The summed E-state index contributed by atoms with van der Waals surface area (Å²) in [7, 11) is -1.47. The number of hydrogen-bond acceptors (Lipinski definition) is 3. The zero-order chi connectivity index (χ0) is 13.0. The third kappa shape index (κ3) is 2.79. The van der Waals surface area contributed by atoms with Crippen LogP contribution in [0.2, 0.25) is 0 Å². The van der Waals surface area contributed by atoms with E-state index in [1.54, 1.807) is 24.3 Å². The lowest BCUT2D eigenvalue weighted by atomic mass is 10.2. The molecule has 18 heavy (non-hydrogen) atoms. The van der Waals surface area contributed by atoms with Gasteiger partial charge in [0.15, 0.2) is 0 Å². The lowest BCUT2D eigenvalue weighted by molar-refractivity contribution is 0.595. The predicted molar refractivity (Wildman–Crippen MR) is 65.5 cm³/mol. The van der Waals surface area contributed by atoms with Crippen molar-refractivity contribution in [3.63, 3.8) is 0 Å². The van der Waals surface area contributed by atoms with Crippen molar-refractivity contribution < 1.29 is 8.60 Å². The van der Waals surface area contributed by atoms with Gasteiger partial charge in [0, 0.05) is 6.20 Å². The zero-order valence-electron chi connectivity index (χ0n) is 9.34. The third-order valence-electron chi connectivity index (χ3n) is 2.32. The van der Waals surface area contributed by atoms with E-state index in [2.05, 4.69) is 4.98 Å². The highest BCUT2D eigenvalue weighted by atomic mass is 32.2.